The molecule has 0 aromatic rings. The molecular weight excluding hydrogens is 410 g/mol. The molecule has 0 radical (unpaired) electrons. The van der Waals surface area contributed by atoms with E-state index in [2.05, 4.69) is 5.32 Å². The average molecular weight is 450 g/mol. The maximum Gasteiger partial charge on any atom is 0.305 e. The molecule has 0 unspecified atom stereocenters. The van der Waals surface area contributed by atoms with Gasteiger partial charge in [-0.05, 0) is 38.8 Å². The molecular formula is C21H39NO9. The van der Waals surface area contributed by atoms with Crippen molar-refractivity contribution in [1.29, 1.82) is 0 Å². The Morgan fingerprint density at radius 1 is 0.710 bits per heavy atom. The molecule has 10 heteroatoms. The molecule has 0 spiro atoms. The van der Waals surface area contributed by atoms with Crippen LogP contribution in [0.2, 0.25) is 0 Å². The summed E-state index contributed by atoms with van der Waals surface area (Å²) in [6.45, 7) is 6.65. The van der Waals surface area contributed by atoms with Crippen LogP contribution in [0.25, 0.3) is 0 Å². The van der Waals surface area contributed by atoms with Crippen LogP contribution in [-0.4, -0.2) is 102 Å². The van der Waals surface area contributed by atoms with E-state index in [1.165, 1.54) is 0 Å². The number of hydrogen-bond donors (Lipinski definition) is 2. The molecule has 10 nitrogen and oxygen atoms in total. The van der Waals surface area contributed by atoms with Gasteiger partial charge in [-0.3, -0.25) is 9.59 Å². The van der Waals surface area contributed by atoms with Crippen LogP contribution in [0.4, 0.5) is 0 Å². The van der Waals surface area contributed by atoms with Crippen molar-refractivity contribution >= 4 is 11.9 Å². The van der Waals surface area contributed by atoms with E-state index in [0.717, 1.165) is 25.9 Å². The van der Waals surface area contributed by atoms with Crippen LogP contribution in [0, 0.1) is 0 Å². The third kappa shape index (κ3) is 19.1. The molecule has 1 fully saturated rings. The molecule has 1 saturated heterocycles. The van der Waals surface area contributed by atoms with Crippen LogP contribution in [0.3, 0.4) is 0 Å². The molecule has 182 valence electrons. The minimum atomic E-state index is -0.853. The number of carbonyl (C=O) groups excluding carboxylic acids is 1. The third-order valence-corrected chi connectivity index (χ3v) is 4.50. The Morgan fingerprint density at radius 3 is 1.74 bits per heavy atom. The van der Waals surface area contributed by atoms with Gasteiger partial charge in [-0.25, -0.2) is 0 Å². The monoisotopic (exact) mass is 449 g/mol. The second-order valence-corrected chi connectivity index (χ2v) is 7.09. The van der Waals surface area contributed by atoms with Gasteiger partial charge in [-0.1, -0.05) is 0 Å². The summed E-state index contributed by atoms with van der Waals surface area (Å²) in [5.41, 5.74) is 0. The fourth-order valence-corrected chi connectivity index (χ4v) is 2.83. The number of aliphatic carboxylic acids is 1. The Hall–Kier alpha value is -1.30. The first-order valence-corrected chi connectivity index (χ1v) is 11.2. The molecule has 0 aromatic heterocycles. The summed E-state index contributed by atoms with van der Waals surface area (Å²) in [5, 5.41) is 11.8. The number of carboxylic acids is 1. The van der Waals surface area contributed by atoms with E-state index >= 15 is 0 Å². The van der Waals surface area contributed by atoms with E-state index in [4.69, 9.17) is 33.5 Å². The van der Waals surface area contributed by atoms with Crippen molar-refractivity contribution in [2.45, 2.75) is 44.6 Å². The Morgan fingerprint density at radius 2 is 1.19 bits per heavy atom. The van der Waals surface area contributed by atoms with E-state index in [9.17, 15) is 9.59 Å². The Bertz CT molecular complexity index is 445. The molecule has 0 atom stereocenters. The van der Waals surface area contributed by atoms with Crippen LogP contribution in [0.5, 0.6) is 0 Å². The highest BCUT2D eigenvalue weighted by molar-refractivity contribution is 5.69. The number of nitrogens with one attached hydrogen (secondary N) is 1. The van der Waals surface area contributed by atoms with E-state index in [0.29, 0.717) is 78.4 Å². The standard InChI is InChI=1S/C21H39NO9/c23-20(24)3-1-2-4-21(25)31-18-16-29-14-12-27-10-9-26-11-13-28-15-17-30-19-5-7-22-8-6-19/h19,22H,1-18H2,(H,23,24). The zero-order valence-corrected chi connectivity index (χ0v) is 18.5. The summed E-state index contributed by atoms with van der Waals surface area (Å²) in [5.74, 6) is -1.19. The predicted molar refractivity (Wildman–Crippen MR) is 112 cm³/mol. The minimum Gasteiger partial charge on any atom is -0.481 e. The fraction of sp³-hybridized carbons (Fsp3) is 0.905. The third-order valence-electron chi connectivity index (χ3n) is 4.50. The maximum absolute atomic E-state index is 11.4. The van der Waals surface area contributed by atoms with Crippen LogP contribution in [0.15, 0.2) is 0 Å². The van der Waals surface area contributed by atoms with Crippen molar-refractivity contribution in [3.63, 3.8) is 0 Å². The molecule has 1 aliphatic heterocycles. The number of carbonyl (C=O) groups is 2. The smallest absolute Gasteiger partial charge is 0.305 e. The number of hydrogen-bond acceptors (Lipinski definition) is 9. The molecule has 2 N–H and O–H groups in total. The second kappa shape index (κ2) is 20.6. The van der Waals surface area contributed by atoms with Gasteiger partial charge in [0.15, 0.2) is 0 Å². The molecule has 1 aliphatic rings. The largest absolute Gasteiger partial charge is 0.481 e. The quantitative estimate of drug-likeness (QED) is 0.194. The van der Waals surface area contributed by atoms with Crippen molar-refractivity contribution in [1.82, 2.24) is 5.32 Å². The number of ether oxygens (including phenoxy) is 6. The lowest BCUT2D eigenvalue weighted by Crippen LogP contribution is -2.33. The lowest BCUT2D eigenvalue weighted by atomic mass is 10.1. The fourth-order valence-electron chi connectivity index (χ4n) is 2.83. The van der Waals surface area contributed by atoms with Crippen molar-refractivity contribution in [3.05, 3.63) is 0 Å². The highest BCUT2D eigenvalue weighted by atomic mass is 16.6. The van der Waals surface area contributed by atoms with E-state index in [-0.39, 0.29) is 25.4 Å². The number of esters is 1. The molecule has 0 aromatic carbocycles. The topological polar surface area (TPSA) is 122 Å². The Labute approximate surface area is 184 Å². The van der Waals surface area contributed by atoms with E-state index in [1.807, 2.05) is 0 Å². The summed E-state index contributed by atoms with van der Waals surface area (Å²) in [4.78, 5) is 21.8. The first kappa shape index (κ1) is 27.7. The zero-order chi connectivity index (χ0) is 22.4. The Balaban J connectivity index is 1.69. The van der Waals surface area contributed by atoms with Crippen molar-refractivity contribution in [2.24, 2.45) is 0 Å². The lowest BCUT2D eigenvalue weighted by Gasteiger charge is -2.22. The molecule has 1 rings (SSSR count). The van der Waals surface area contributed by atoms with E-state index < -0.39 is 5.97 Å². The van der Waals surface area contributed by atoms with Gasteiger partial charge < -0.3 is 38.8 Å². The summed E-state index contributed by atoms with van der Waals surface area (Å²) < 4.78 is 32.3. The summed E-state index contributed by atoms with van der Waals surface area (Å²) in [6, 6.07) is 0. The van der Waals surface area contributed by atoms with Gasteiger partial charge >= 0.3 is 11.9 Å². The van der Waals surface area contributed by atoms with Crippen LogP contribution in [0.1, 0.15) is 38.5 Å². The van der Waals surface area contributed by atoms with Crippen LogP contribution >= 0.6 is 0 Å². The van der Waals surface area contributed by atoms with Gasteiger partial charge in [0.2, 0.25) is 0 Å². The van der Waals surface area contributed by atoms with Gasteiger partial charge in [0.1, 0.15) is 6.61 Å². The SMILES string of the molecule is O=C(O)CCCCC(=O)OCCOCCOCCOCCOCCOC1CCNCC1. The molecule has 0 bridgehead atoms. The highest BCUT2D eigenvalue weighted by Gasteiger charge is 2.12. The number of unbranched alkanes of at least 4 members (excludes halogenated alkanes) is 1. The first-order valence-electron chi connectivity index (χ1n) is 11.2. The van der Waals surface area contributed by atoms with Gasteiger partial charge in [0.05, 0.1) is 65.6 Å². The average Bonchev–Trinajstić information content (AvgIpc) is 2.77. The van der Waals surface area contributed by atoms with Crippen molar-refractivity contribution in [3.8, 4) is 0 Å². The van der Waals surface area contributed by atoms with Crippen LogP contribution in [-0.2, 0) is 38.0 Å². The Kier molecular flexibility index (Phi) is 18.4. The van der Waals surface area contributed by atoms with Crippen LogP contribution < -0.4 is 5.32 Å². The van der Waals surface area contributed by atoms with Gasteiger partial charge in [-0.15, -0.1) is 0 Å². The predicted octanol–water partition coefficient (Wildman–Crippen LogP) is 1.01. The number of rotatable bonds is 21. The number of carboxylic acid groups (broad SMARTS) is 1. The second-order valence-electron chi connectivity index (χ2n) is 7.09. The molecule has 1 heterocycles. The first-order chi connectivity index (χ1) is 15.2. The summed E-state index contributed by atoms with van der Waals surface area (Å²) in [6.07, 6.45) is 3.79. The zero-order valence-electron chi connectivity index (χ0n) is 18.5. The molecule has 0 saturated carbocycles. The highest BCUT2D eigenvalue weighted by Crippen LogP contribution is 2.06. The summed E-state index contributed by atoms with van der Waals surface area (Å²) >= 11 is 0. The maximum atomic E-state index is 11.4. The van der Waals surface area contributed by atoms with Gasteiger partial charge in [0.25, 0.3) is 0 Å². The number of piperidine rings is 1. The van der Waals surface area contributed by atoms with Crippen molar-refractivity contribution < 1.29 is 43.1 Å². The van der Waals surface area contributed by atoms with Gasteiger partial charge in [-0.2, -0.15) is 0 Å². The van der Waals surface area contributed by atoms with Crippen molar-refractivity contribution in [2.75, 3.05) is 79.2 Å². The minimum absolute atomic E-state index is 0.0728. The van der Waals surface area contributed by atoms with Gasteiger partial charge in [0, 0.05) is 12.8 Å². The molecule has 0 aliphatic carbocycles. The van der Waals surface area contributed by atoms with E-state index in [1.54, 1.807) is 0 Å². The normalized spacial score (nSPS) is 14.6. The summed E-state index contributed by atoms with van der Waals surface area (Å²) in [7, 11) is 0. The molecule has 31 heavy (non-hydrogen) atoms. The molecule has 0 amide bonds. The lowest BCUT2D eigenvalue weighted by molar-refractivity contribution is -0.146.